The lowest BCUT2D eigenvalue weighted by molar-refractivity contribution is -0.148. The Labute approximate surface area is 159 Å². The van der Waals surface area contributed by atoms with Gasteiger partial charge in [0, 0.05) is 13.0 Å². The van der Waals surface area contributed by atoms with Crippen LogP contribution in [0.3, 0.4) is 0 Å². The lowest BCUT2D eigenvalue weighted by atomic mass is 10.1. The highest BCUT2D eigenvalue weighted by Crippen LogP contribution is 2.11. The van der Waals surface area contributed by atoms with Gasteiger partial charge in [-0.2, -0.15) is 0 Å². The Morgan fingerprint density at radius 1 is 0.963 bits per heavy atom. The molecule has 0 aliphatic carbocycles. The fourth-order valence-electron chi connectivity index (χ4n) is 2.33. The molecule has 0 fully saturated rings. The molecule has 1 N–H and O–H groups in total. The summed E-state index contributed by atoms with van der Waals surface area (Å²) in [6.07, 6.45) is 1.44. The Morgan fingerprint density at radius 3 is 2.41 bits per heavy atom. The molecular weight excluding hydrogens is 346 g/mol. The van der Waals surface area contributed by atoms with Gasteiger partial charge in [0.05, 0.1) is 13.7 Å². The predicted molar refractivity (Wildman–Crippen MR) is 102 cm³/mol. The minimum absolute atomic E-state index is 0.214. The molecule has 6 nitrogen and oxygen atoms in total. The van der Waals surface area contributed by atoms with E-state index in [1.54, 1.807) is 7.11 Å². The van der Waals surface area contributed by atoms with Crippen LogP contribution < -0.4 is 14.8 Å². The van der Waals surface area contributed by atoms with E-state index in [2.05, 4.69) is 5.32 Å². The molecule has 0 unspecified atom stereocenters. The third kappa shape index (κ3) is 8.27. The van der Waals surface area contributed by atoms with Crippen molar-refractivity contribution in [1.29, 1.82) is 0 Å². The van der Waals surface area contributed by atoms with Crippen LogP contribution in [0, 0.1) is 0 Å². The molecule has 2 aromatic carbocycles. The summed E-state index contributed by atoms with van der Waals surface area (Å²) in [5.41, 5.74) is 1.09. The summed E-state index contributed by atoms with van der Waals surface area (Å²) in [5, 5.41) is 2.73. The standard InChI is InChI=1S/C21H25NO5/c1-25-18-11-9-17(10-12-18)13-14-22-20(23)16-27-21(24)8-5-15-26-19-6-3-2-4-7-19/h2-4,6-7,9-12H,5,8,13-16H2,1H3,(H,22,23). The summed E-state index contributed by atoms with van der Waals surface area (Å²) in [7, 11) is 1.62. The van der Waals surface area contributed by atoms with Crippen molar-refractivity contribution in [2.75, 3.05) is 26.9 Å². The van der Waals surface area contributed by atoms with Crippen LogP contribution in [-0.4, -0.2) is 38.7 Å². The minimum atomic E-state index is -0.406. The predicted octanol–water partition coefficient (Wildman–Crippen LogP) is 2.76. The molecule has 2 rings (SSSR count). The van der Waals surface area contributed by atoms with Crippen LogP contribution in [0.1, 0.15) is 18.4 Å². The van der Waals surface area contributed by atoms with Gasteiger partial charge in [-0.1, -0.05) is 30.3 Å². The van der Waals surface area contributed by atoms with Crippen molar-refractivity contribution in [3.63, 3.8) is 0 Å². The van der Waals surface area contributed by atoms with Gasteiger partial charge in [0.15, 0.2) is 6.61 Å². The molecule has 0 aliphatic rings. The number of carbonyl (C=O) groups is 2. The maximum absolute atomic E-state index is 11.7. The maximum Gasteiger partial charge on any atom is 0.306 e. The number of hydrogen-bond donors (Lipinski definition) is 1. The number of amides is 1. The first-order valence-electron chi connectivity index (χ1n) is 8.90. The zero-order valence-electron chi connectivity index (χ0n) is 15.5. The Morgan fingerprint density at radius 2 is 1.70 bits per heavy atom. The Kier molecular flexibility index (Phi) is 8.69. The number of nitrogens with one attached hydrogen (secondary N) is 1. The molecule has 0 bridgehead atoms. The first-order valence-corrected chi connectivity index (χ1v) is 8.90. The highest BCUT2D eigenvalue weighted by atomic mass is 16.5. The lowest BCUT2D eigenvalue weighted by Crippen LogP contribution is -2.30. The molecule has 0 radical (unpaired) electrons. The van der Waals surface area contributed by atoms with Gasteiger partial charge in [-0.25, -0.2) is 0 Å². The van der Waals surface area contributed by atoms with Gasteiger partial charge < -0.3 is 19.5 Å². The molecular formula is C21H25NO5. The number of rotatable bonds is 11. The van der Waals surface area contributed by atoms with E-state index in [9.17, 15) is 9.59 Å². The number of carbonyl (C=O) groups excluding carboxylic acids is 2. The van der Waals surface area contributed by atoms with E-state index in [4.69, 9.17) is 14.2 Å². The first kappa shape index (κ1) is 20.3. The molecule has 0 saturated heterocycles. The zero-order valence-corrected chi connectivity index (χ0v) is 15.5. The molecule has 0 atom stereocenters. The summed E-state index contributed by atoms with van der Waals surface area (Å²) in [6, 6.07) is 17.0. The third-order valence-electron chi connectivity index (χ3n) is 3.80. The van der Waals surface area contributed by atoms with E-state index in [1.807, 2.05) is 54.6 Å². The van der Waals surface area contributed by atoms with Crippen molar-refractivity contribution >= 4 is 11.9 Å². The van der Waals surface area contributed by atoms with E-state index in [0.717, 1.165) is 17.1 Å². The van der Waals surface area contributed by atoms with Gasteiger partial charge in [0.2, 0.25) is 0 Å². The van der Waals surface area contributed by atoms with Crippen LogP contribution >= 0.6 is 0 Å². The number of methoxy groups -OCH3 is 1. The molecule has 0 spiro atoms. The highest BCUT2D eigenvalue weighted by molar-refractivity contribution is 5.80. The van der Waals surface area contributed by atoms with Crippen LogP contribution in [0.5, 0.6) is 11.5 Å². The second-order valence-electron chi connectivity index (χ2n) is 5.87. The van der Waals surface area contributed by atoms with E-state index in [1.165, 1.54) is 0 Å². The number of para-hydroxylation sites is 1. The fraction of sp³-hybridized carbons (Fsp3) is 0.333. The lowest BCUT2D eigenvalue weighted by Gasteiger charge is -2.08. The Hall–Kier alpha value is -3.02. The quantitative estimate of drug-likeness (QED) is 0.486. The molecule has 0 aliphatic heterocycles. The van der Waals surface area contributed by atoms with Crippen molar-refractivity contribution in [2.45, 2.75) is 19.3 Å². The van der Waals surface area contributed by atoms with Gasteiger partial charge in [-0.05, 0) is 42.7 Å². The first-order chi connectivity index (χ1) is 13.2. The Balaban J connectivity index is 1.52. The van der Waals surface area contributed by atoms with E-state index in [-0.39, 0.29) is 18.9 Å². The van der Waals surface area contributed by atoms with E-state index >= 15 is 0 Å². The minimum Gasteiger partial charge on any atom is -0.497 e. The van der Waals surface area contributed by atoms with Gasteiger partial charge in [-0.3, -0.25) is 9.59 Å². The largest absolute Gasteiger partial charge is 0.497 e. The van der Waals surface area contributed by atoms with Gasteiger partial charge in [0.1, 0.15) is 11.5 Å². The fourth-order valence-corrected chi connectivity index (χ4v) is 2.33. The molecule has 27 heavy (non-hydrogen) atoms. The summed E-state index contributed by atoms with van der Waals surface area (Å²) >= 11 is 0. The monoisotopic (exact) mass is 371 g/mol. The highest BCUT2D eigenvalue weighted by Gasteiger charge is 2.07. The summed E-state index contributed by atoms with van der Waals surface area (Å²) in [4.78, 5) is 23.4. The van der Waals surface area contributed by atoms with E-state index in [0.29, 0.717) is 26.0 Å². The van der Waals surface area contributed by atoms with E-state index < -0.39 is 5.97 Å². The number of benzene rings is 2. The topological polar surface area (TPSA) is 73.9 Å². The van der Waals surface area contributed by atoms with Crippen molar-refractivity contribution in [1.82, 2.24) is 5.32 Å². The van der Waals surface area contributed by atoms with Crippen molar-refractivity contribution < 1.29 is 23.8 Å². The van der Waals surface area contributed by atoms with Crippen LogP contribution in [0.25, 0.3) is 0 Å². The van der Waals surface area contributed by atoms with Gasteiger partial charge in [-0.15, -0.1) is 0 Å². The molecule has 0 saturated carbocycles. The molecule has 0 aromatic heterocycles. The smallest absolute Gasteiger partial charge is 0.306 e. The molecule has 144 valence electrons. The van der Waals surface area contributed by atoms with Crippen LogP contribution in [0.4, 0.5) is 0 Å². The average molecular weight is 371 g/mol. The zero-order chi connectivity index (χ0) is 19.3. The summed E-state index contributed by atoms with van der Waals surface area (Å²) in [5.74, 6) is 0.848. The molecule has 2 aromatic rings. The van der Waals surface area contributed by atoms with Crippen LogP contribution in [-0.2, 0) is 20.7 Å². The van der Waals surface area contributed by atoms with Gasteiger partial charge >= 0.3 is 5.97 Å². The third-order valence-corrected chi connectivity index (χ3v) is 3.80. The average Bonchev–Trinajstić information content (AvgIpc) is 2.71. The number of esters is 1. The summed E-state index contributed by atoms with van der Waals surface area (Å²) < 4.78 is 15.6. The van der Waals surface area contributed by atoms with Crippen molar-refractivity contribution in [3.8, 4) is 11.5 Å². The number of hydrogen-bond acceptors (Lipinski definition) is 5. The van der Waals surface area contributed by atoms with Gasteiger partial charge in [0.25, 0.3) is 5.91 Å². The second kappa shape index (κ2) is 11.6. The second-order valence-corrected chi connectivity index (χ2v) is 5.87. The molecule has 6 heteroatoms. The van der Waals surface area contributed by atoms with Crippen LogP contribution in [0.15, 0.2) is 54.6 Å². The Bertz CT molecular complexity index is 700. The normalized spacial score (nSPS) is 10.1. The SMILES string of the molecule is COc1ccc(CCNC(=O)COC(=O)CCCOc2ccccc2)cc1. The molecule has 0 heterocycles. The maximum atomic E-state index is 11.7. The molecule has 1 amide bonds. The van der Waals surface area contributed by atoms with Crippen molar-refractivity contribution in [2.24, 2.45) is 0 Å². The van der Waals surface area contributed by atoms with Crippen molar-refractivity contribution in [3.05, 3.63) is 60.2 Å². The summed E-state index contributed by atoms with van der Waals surface area (Å²) in [6.45, 7) is 0.641. The number of ether oxygens (including phenoxy) is 3. The van der Waals surface area contributed by atoms with Crippen LogP contribution in [0.2, 0.25) is 0 Å².